The van der Waals surface area contributed by atoms with Gasteiger partial charge in [0.2, 0.25) is 5.91 Å². The fraction of sp³-hybridized carbons (Fsp3) is 0.133. The van der Waals surface area contributed by atoms with Crippen molar-refractivity contribution in [3.05, 3.63) is 53.5 Å². The van der Waals surface area contributed by atoms with Gasteiger partial charge in [-0.1, -0.05) is 12.1 Å². The minimum absolute atomic E-state index is 0.0529. The van der Waals surface area contributed by atoms with Crippen molar-refractivity contribution < 1.29 is 14.0 Å². The fourth-order valence-corrected chi connectivity index (χ4v) is 1.77. The summed E-state index contributed by atoms with van der Waals surface area (Å²) in [6.07, 6.45) is 1.44. The summed E-state index contributed by atoms with van der Waals surface area (Å²) in [6.45, 7) is 3.17. The number of halogens is 1. The summed E-state index contributed by atoms with van der Waals surface area (Å²) in [5.74, 6) is -1.09. The van der Waals surface area contributed by atoms with Gasteiger partial charge in [-0.15, -0.1) is 0 Å². The lowest BCUT2D eigenvalue weighted by Crippen LogP contribution is -2.15. The first-order valence-corrected chi connectivity index (χ1v) is 6.27. The van der Waals surface area contributed by atoms with Crippen LogP contribution in [0.2, 0.25) is 0 Å². The van der Waals surface area contributed by atoms with Gasteiger partial charge in [-0.3, -0.25) is 9.59 Å². The van der Waals surface area contributed by atoms with E-state index in [-0.39, 0.29) is 17.3 Å². The van der Waals surface area contributed by atoms with Gasteiger partial charge >= 0.3 is 0 Å². The van der Waals surface area contributed by atoms with Gasteiger partial charge in [0, 0.05) is 6.92 Å². The molecular weight excluding hydrogens is 273 g/mol. The van der Waals surface area contributed by atoms with Crippen LogP contribution < -0.4 is 10.6 Å². The van der Waals surface area contributed by atoms with Gasteiger partial charge in [0.1, 0.15) is 11.6 Å². The first-order valence-electron chi connectivity index (χ1n) is 6.27. The van der Waals surface area contributed by atoms with Crippen molar-refractivity contribution >= 4 is 23.3 Å². The Morgan fingerprint density at radius 2 is 1.90 bits per heavy atom. The topological polar surface area (TPSA) is 71.1 Å². The summed E-state index contributed by atoms with van der Waals surface area (Å²) in [7, 11) is 0. The number of hydrogen-bond donors (Lipinski definition) is 2. The normalized spacial score (nSPS) is 10.0. The summed E-state index contributed by atoms with van der Waals surface area (Å²) >= 11 is 0. The molecule has 0 aliphatic rings. The van der Waals surface area contributed by atoms with Gasteiger partial charge in [-0.05, 0) is 30.7 Å². The van der Waals surface area contributed by atoms with Crippen molar-refractivity contribution in [1.29, 1.82) is 0 Å². The molecular formula is C15H14FN3O2. The van der Waals surface area contributed by atoms with E-state index in [0.29, 0.717) is 5.69 Å². The van der Waals surface area contributed by atoms with Crippen molar-refractivity contribution in [2.24, 2.45) is 0 Å². The molecule has 108 valence electrons. The van der Waals surface area contributed by atoms with Gasteiger partial charge in [0.15, 0.2) is 0 Å². The van der Waals surface area contributed by atoms with Gasteiger partial charge in [-0.2, -0.15) is 0 Å². The maximum absolute atomic E-state index is 13.5. The molecule has 0 atom stereocenters. The van der Waals surface area contributed by atoms with Crippen LogP contribution in [0.15, 0.2) is 36.5 Å². The zero-order chi connectivity index (χ0) is 15.4. The second kappa shape index (κ2) is 6.13. The van der Waals surface area contributed by atoms with E-state index >= 15 is 0 Å². The SMILES string of the molecule is CC(=O)Nc1cnc(NC(=O)c2ccccc2F)cc1C. The quantitative estimate of drug-likeness (QED) is 0.911. The fourth-order valence-electron chi connectivity index (χ4n) is 1.77. The van der Waals surface area contributed by atoms with E-state index in [4.69, 9.17) is 0 Å². The van der Waals surface area contributed by atoms with Gasteiger partial charge in [0.25, 0.3) is 5.91 Å². The molecule has 0 saturated heterocycles. The van der Waals surface area contributed by atoms with E-state index in [2.05, 4.69) is 15.6 Å². The molecule has 21 heavy (non-hydrogen) atoms. The molecule has 0 aliphatic carbocycles. The molecule has 0 bridgehead atoms. The highest BCUT2D eigenvalue weighted by Crippen LogP contribution is 2.17. The summed E-state index contributed by atoms with van der Waals surface area (Å²) in [4.78, 5) is 27.0. The Labute approximate surface area is 121 Å². The van der Waals surface area contributed by atoms with Crippen molar-refractivity contribution in [3.63, 3.8) is 0 Å². The number of aromatic nitrogens is 1. The number of rotatable bonds is 3. The number of anilines is 2. The Hall–Kier alpha value is -2.76. The molecule has 2 N–H and O–H groups in total. The molecule has 0 saturated carbocycles. The first kappa shape index (κ1) is 14.6. The number of aryl methyl sites for hydroxylation is 1. The summed E-state index contributed by atoms with van der Waals surface area (Å²) in [5.41, 5.74) is 1.25. The van der Waals surface area contributed by atoms with Crippen molar-refractivity contribution in [2.75, 3.05) is 10.6 Å². The van der Waals surface area contributed by atoms with Crippen LogP contribution in [0.4, 0.5) is 15.9 Å². The number of nitrogens with one attached hydrogen (secondary N) is 2. The summed E-state index contributed by atoms with van der Waals surface area (Å²) < 4.78 is 13.5. The van der Waals surface area contributed by atoms with E-state index in [0.717, 1.165) is 5.56 Å². The molecule has 2 rings (SSSR count). The average molecular weight is 287 g/mol. The number of carbonyl (C=O) groups excluding carboxylic acids is 2. The third-order valence-corrected chi connectivity index (χ3v) is 2.78. The standard InChI is InChI=1S/C15H14FN3O2/c1-9-7-14(17-8-13(9)18-10(2)20)19-15(21)11-5-3-4-6-12(11)16/h3-8H,1-2H3,(H,18,20)(H,17,19,21). The van der Waals surface area contributed by atoms with E-state index in [1.54, 1.807) is 19.1 Å². The Morgan fingerprint density at radius 1 is 1.19 bits per heavy atom. The van der Waals surface area contributed by atoms with Gasteiger partial charge < -0.3 is 10.6 Å². The smallest absolute Gasteiger partial charge is 0.259 e. The van der Waals surface area contributed by atoms with E-state index in [1.165, 1.54) is 31.3 Å². The van der Waals surface area contributed by atoms with Crippen molar-refractivity contribution in [1.82, 2.24) is 4.98 Å². The molecule has 0 fully saturated rings. The van der Waals surface area contributed by atoms with Crippen LogP contribution in [-0.4, -0.2) is 16.8 Å². The maximum atomic E-state index is 13.5. The second-order valence-electron chi connectivity index (χ2n) is 4.50. The molecule has 1 aromatic heterocycles. The Bertz CT molecular complexity index is 701. The Morgan fingerprint density at radius 3 is 2.52 bits per heavy atom. The molecule has 6 heteroatoms. The van der Waals surface area contributed by atoms with Crippen LogP contribution in [0.5, 0.6) is 0 Å². The molecule has 0 spiro atoms. The van der Waals surface area contributed by atoms with Crippen molar-refractivity contribution in [2.45, 2.75) is 13.8 Å². The zero-order valence-electron chi connectivity index (χ0n) is 11.6. The van der Waals surface area contributed by atoms with E-state index in [9.17, 15) is 14.0 Å². The molecule has 1 heterocycles. The highest BCUT2D eigenvalue weighted by Gasteiger charge is 2.12. The zero-order valence-corrected chi connectivity index (χ0v) is 11.6. The monoisotopic (exact) mass is 287 g/mol. The predicted octanol–water partition coefficient (Wildman–Crippen LogP) is 2.74. The molecule has 1 aromatic carbocycles. The van der Waals surface area contributed by atoms with Gasteiger partial charge in [0.05, 0.1) is 17.4 Å². The number of amides is 2. The van der Waals surface area contributed by atoms with Crippen LogP contribution in [0.1, 0.15) is 22.8 Å². The number of carbonyl (C=O) groups is 2. The van der Waals surface area contributed by atoms with Crippen LogP contribution in [0, 0.1) is 12.7 Å². The number of hydrogen-bond acceptors (Lipinski definition) is 3. The molecule has 0 aliphatic heterocycles. The molecule has 5 nitrogen and oxygen atoms in total. The molecule has 2 amide bonds. The highest BCUT2D eigenvalue weighted by atomic mass is 19.1. The van der Waals surface area contributed by atoms with Crippen LogP contribution in [-0.2, 0) is 4.79 Å². The number of benzene rings is 1. The van der Waals surface area contributed by atoms with Crippen LogP contribution >= 0.6 is 0 Å². The minimum atomic E-state index is -0.596. The summed E-state index contributed by atoms with van der Waals surface area (Å²) in [5, 5.41) is 5.14. The molecule has 0 radical (unpaired) electrons. The second-order valence-corrected chi connectivity index (χ2v) is 4.50. The average Bonchev–Trinajstić information content (AvgIpc) is 2.42. The number of nitrogens with zero attached hydrogens (tertiary/aromatic N) is 1. The molecule has 2 aromatic rings. The van der Waals surface area contributed by atoms with Crippen LogP contribution in [0.25, 0.3) is 0 Å². The lowest BCUT2D eigenvalue weighted by atomic mass is 10.2. The Balaban J connectivity index is 2.17. The van der Waals surface area contributed by atoms with Crippen molar-refractivity contribution in [3.8, 4) is 0 Å². The minimum Gasteiger partial charge on any atom is -0.325 e. The van der Waals surface area contributed by atoms with Crippen LogP contribution in [0.3, 0.4) is 0 Å². The summed E-state index contributed by atoms with van der Waals surface area (Å²) in [6, 6.07) is 7.30. The number of pyridine rings is 1. The first-order chi connectivity index (χ1) is 9.97. The maximum Gasteiger partial charge on any atom is 0.259 e. The highest BCUT2D eigenvalue weighted by molar-refractivity contribution is 6.04. The lowest BCUT2D eigenvalue weighted by molar-refractivity contribution is -0.114. The lowest BCUT2D eigenvalue weighted by Gasteiger charge is -2.09. The molecule has 0 unspecified atom stereocenters. The van der Waals surface area contributed by atoms with Gasteiger partial charge in [-0.25, -0.2) is 9.37 Å². The predicted molar refractivity (Wildman–Crippen MR) is 77.6 cm³/mol. The third-order valence-electron chi connectivity index (χ3n) is 2.78. The van der Waals surface area contributed by atoms with E-state index < -0.39 is 11.7 Å². The Kier molecular flexibility index (Phi) is 4.27. The third kappa shape index (κ3) is 3.62. The largest absolute Gasteiger partial charge is 0.325 e. The van der Waals surface area contributed by atoms with E-state index in [1.807, 2.05) is 0 Å².